The first-order valence-corrected chi connectivity index (χ1v) is 6.54. The zero-order valence-electron chi connectivity index (χ0n) is 9.69. The number of nitriles is 1. The molecule has 88 valence electrons. The van der Waals surface area contributed by atoms with Gasteiger partial charge in [-0.15, -0.1) is 0 Å². The second-order valence-electron chi connectivity index (χ2n) is 4.09. The quantitative estimate of drug-likeness (QED) is 0.891. The molecule has 1 heterocycles. The highest BCUT2D eigenvalue weighted by molar-refractivity contribution is 8.02. The van der Waals surface area contributed by atoms with Crippen LogP contribution in [0.1, 0.15) is 26.2 Å². The van der Waals surface area contributed by atoms with E-state index in [-0.39, 0.29) is 5.91 Å². The Kier molecular flexibility index (Phi) is 3.39. The Bertz CT molecular complexity index is 481. The van der Waals surface area contributed by atoms with Crippen LogP contribution in [0.2, 0.25) is 0 Å². The second kappa shape index (κ2) is 4.80. The van der Waals surface area contributed by atoms with Gasteiger partial charge in [-0.25, -0.2) is 0 Å². The van der Waals surface area contributed by atoms with Gasteiger partial charge in [-0.05, 0) is 18.6 Å². The monoisotopic (exact) mass is 246 g/mol. The van der Waals surface area contributed by atoms with Crippen LogP contribution in [0.3, 0.4) is 0 Å². The first-order chi connectivity index (χ1) is 8.22. The minimum atomic E-state index is -0.954. The van der Waals surface area contributed by atoms with Gasteiger partial charge in [0.15, 0.2) is 4.75 Å². The summed E-state index contributed by atoms with van der Waals surface area (Å²) in [5.41, 5.74) is 0.810. The smallest absolute Gasteiger partial charge is 0.255 e. The van der Waals surface area contributed by atoms with E-state index < -0.39 is 4.75 Å². The largest absolute Gasteiger partial charge is 0.323 e. The molecule has 1 unspecified atom stereocenters. The van der Waals surface area contributed by atoms with Gasteiger partial charge < -0.3 is 5.32 Å². The molecule has 0 aromatic heterocycles. The van der Waals surface area contributed by atoms with Crippen molar-refractivity contribution >= 4 is 23.4 Å². The maximum absolute atomic E-state index is 12.1. The highest BCUT2D eigenvalue weighted by Gasteiger charge is 2.43. The SMILES string of the molecule is CCCCC1(C#N)Sc2ccccc2NC1=O. The Morgan fingerprint density at radius 1 is 1.47 bits per heavy atom. The third-order valence-corrected chi connectivity index (χ3v) is 4.25. The van der Waals surface area contributed by atoms with Gasteiger partial charge in [-0.3, -0.25) is 4.79 Å². The topological polar surface area (TPSA) is 52.9 Å². The summed E-state index contributed by atoms with van der Waals surface area (Å²) in [4.78, 5) is 13.0. The fourth-order valence-corrected chi connectivity index (χ4v) is 3.02. The number of para-hydroxylation sites is 1. The first-order valence-electron chi connectivity index (χ1n) is 5.72. The van der Waals surface area contributed by atoms with Crippen molar-refractivity contribution in [1.29, 1.82) is 5.26 Å². The molecule has 1 aromatic carbocycles. The molecule has 1 aliphatic rings. The van der Waals surface area contributed by atoms with Crippen LogP contribution >= 0.6 is 11.8 Å². The lowest BCUT2D eigenvalue weighted by atomic mass is 10.0. The lowest BCUT2D eigenvalue weighted by Gasteiger charge is -2.30. The minimum absolute atomic E-state index is 0.183. The number of amides is 1. The average molecular weight is 246 g/mol. The summed E-state index contributed by atoms with van der Waals surface area (Å²) in [5, 5.41) is 12.2. The zero-order chi connectivity index (χ0) is 12.3. The number of nitrogens with one attached hydrogen (secondary N) is 1. The highest BCUT2D eigenvalue weighted by atomic mass is 32.2. The van der Waals surface area contributed by atoms with Gasteiger partial charge in [0.1, 0.15) is 0 Å². The molecular formula is C13H14N2OS. The lowest BCUT2D eigenvalue weighted by Crippen LogP contribution is -2.41. The van der Waals surface area contributed by atoms with E-state index in [1.807, 2.05) is 24.3 Å². The summed E-state index contributed by atoms with van der Waals surface area (Å²) < 4.78 is -0.954. The van der Waals surface area contributed by atoms with Crippen LogP contribution in [0.15, 0.2) is 29.2 Å². The van der Waals surface area contributed by atoms with Gasteiger partial charge in [-0.1, -0.05) is 43.7 Å². The molecule has 0 spiro atoms. The van der Waals surface area contributed by atoms with Crippen molar-refractivity contribution < 1.29 is 4.79 Å². The van der Waals surface area contributed by atoms with Crippen LogP contribution in [0, 0.1) is 11.3 Å². The van der Waals surface area contributed by atoms with E-state index in [1.54, 1.807) is 0 Å². The fraction of sp³-hybridized carbons (Fsp3) is 0.385. The number of hydrogen-bond acceptors (Lipinski definition) is 3. The van der Waals surface area contributed by atoms with Gasteiger partial charge in [0.2, 0.25) is 0 Å². The van der Waals surface area contributed by atoms with Crippen LogP contribution in [0.5, 0.6) is 0 Å². The van der Waals surface area contributed by atoms with Crippen molar-refractivity contribution in [2.24, 2.45) is 0 Å². The van der Waals surface area contributed by atoms with E-state index in [1.165, 1.54) is 11.8 Å². The minimum Gasteiger partial charge on any atom is -0.323 e. The number of nitrogens with zero attached hydrogens (tertiary/aromatic N) is 1. The number of hydrogen-bond donors (Lipinski definition) is 1. The molecule has 1 amide bonds. The van der Waals surface area contributed by atoms with Crippen molar-refractivity contribution in [2.45, 2.75) is 35.8 Å². The van der Waals surface area contributed by atoms with Crippen molar-refractivity contribution in [3.05, 3.63) is 24.3 Å². The highest BCUT2D eigenvalue weighted by Crippen LogP contribution is 2.44. The summed E-state index contributed by atoms with van der Waals surface area (Å²) in [6.45, 7) is 2.06. The van der Waals surface area contributed by atoms with Gasteiger partial charge >= 0.3 is 0 Å². The molecule has 4 heteroatoms. The Labute approximate surface area is 105 Å². The number of benzene rings is 1. The summed E-state index contributed by atoms with van der Waals surface area (Å²) in [7, 11) is 0. The van der Waals surface area contributed by atoms with E-state index in [0.29, 0.717) is 6.42 Å². The molecule has 3 nitrogen and oxygen atoms in total. The molecule has 1 atom stereocenters. The number of carbonyl (C=O) groups is 1. The van der Waals surface area contributed by atoms with E-state index in [2.05, 4.69) is 18.3 Å². The second-order valence-corrected chi connectivity index (χ2v) is 5.44. The third-order valence-electron chi connectivity index (χ3n) is 2.85. The van der Waals surface area contributed by atoms with Crippen molar-refractivity contribution in [2.75, 3.05) is 5.32 Å². The number of rotatable bonds is 3. The van der Waals surface area contributed by atoms with Crippen LogP contribution in [0.25, 0.3) is 0 Å². The fourth-order valence-electron chi connectivity index (χ4n) is 1.84. The zero-order valence-corrected chi connectivity index (χ0v) is 10.5. The Hall–Kier alpha value is -1.47. The van der Waals surface area contributed by atoms with Gasteiger partial charge in [0, 0.05) is 4.90 Å². The number of unbranched alkanes of at least 4 members (excludes halogenated alkanes) is 1. The Balaban J connectivity index is 2.32. The number of carbonyl (C=O) groups excluding carboxylic acids is 1. The Morgan fingerprint density at radius 3 is 2.94 bits per heavy atom. The summed E-state index contributed by atoms with van der Waals surface area (Å²) in [5.74, 6) is -0.183. The Morgan fingerprint density at radius 2 is 2.24 bits per heavy atom. The maximum atomic E-state index is 12.1. The average Bonchev–Trinajstić information content (AvgIpc) is 2.36. The molecular weight excluding hydrogens is 232 g/mol. The third kappa shape index (κ3) is 2.16. The molecule has 0 bridgehead atoms. The van der Waals surface area contributed by atoms with E-state index in [0.717, 1.165) is 23.4 Å². The molecule has 2 rings (SSSR count). The predicted molar refractivity (Wildman–Crippen MR) is 68.8 cm³/mol. The van der Waals surface area contributed by atoms with E-state index in [4.69, 9.17) is 0 Å². The molecule has 0 saturated carbocycles. The van der Waals surface area contributed by atoms with Crippen LogP contribution in [-0.4, -0.2) is 10.7 Å². The molecule has 0 aliphatic carbocycles. The standard InChI is InChI=1S/C13H14N2OS/c1-2-3-8-13(9-14)12(16)15-10-6-4-5-7-11(10)17-13/h4-7H,2-3,8H2,1H3,(H,15,16). The van der Waals surface area contributed by atoms with Gasteiger partial charge in [0.25, 0.3) is 5.91 Å². The molecule has 0 saturated heterocycles. The van der Waals surface area contributed by atoms with Gasteiger partial charge in [0.05, 0.1) is 11.8 Å². The maximum Gasteiger partial charge on any atom is 0.255 e. The van der Waals surface area contributed by atoms with E-state index >= 15 is 0 Å². The lowest BCUT2D eigenvalue weighted by molar-refractivity contribution is -0.117. The molecule has 17 heavy (non-hydrogen) atoms. The predicted octanol–water partition coefficient (Wildman–Crippen LogP) is 3.18. The summed E-state index contributed by atoms with van der Waals surface area (Å²) in [6.07, 6.45) is 2.47. The van der Waals surface area contributed by atoms with Crippen LogP contribution in [0.4, 0.5) is 5.69 Å². The first kappa shape index (κ1) is 12.0. The molecule has 0 fully saturated rings. The molecule has 1 aromatic rings. The summed E-state index contributed by atoms with van der Waals surface area (Å²) >= 11 is 1.38. The molecule has 1 N–H and O–H groups in total. The molecule has 0 radical (unpaired) electrons. The van der Waals surface area contributed by atoms with Crippen LogP contribution < -0.4 is 5.32 Å². The molecule has 1 aliphatic heterocycles. The summed E-state index contributed by atoms with van der Waals surface area (Å²) in [6, 6.07) is 9.80. The van der Waals surface area contributed by atoms with Crippen molar-refractivity contribution in [1.82, 2.24) is 0 Å². The van der Waals surface area contributed by atoms with Crippen molar-refractivity contribution in [3.8, 4) is 6.07 Å². The van der Waals surface area contributed by atoms with Gasteiger partial charge in [-0.2, -0.15) is 5.26 Å². The normalized spacial score (nSPS) is 22.5. The van der Waals surface area contributed by atoms with E-state index in [9.17, 15) is 10.1 Å². The number of anilines is 1. The van der Waals surface area contributed by atoms with Crippen LogP contribution in [-0.2, 0) is 4.79 Å². The number of fused-ring (bicyclic) bond motifs is 1. The van der Waals surface area contributed by atoms with Crippen molar-refractivity contribution in [3.63, 3.8) is 0 Å². The number of thioether (sulfide) groups is 1.